The van der Waals surface area contributed by atoms with E-state index in [0.29, 0.717) is 34.2 Å². The Hall–Kier alpha value is -4.02. The number of carbonyl (C=O) groups excluding carboxylic acids is 1. The number of aromatic nitrogens is 4. The van der Waals surface area contributed by atoms with E-state index in [9.17, 15) is 22.4 Å². The molecule has 0 aliphatic heterocycles. The van der Waals surface area contributed by atoms with E-state index in [1.165, 1.54) is 6.07 Å². The van der Waals surface area contributed by atoms with Crippen molar-refractivity contribution >= 4 is 28.4 Å². The van der Waals surface area contributed by atoms with Gasteiger partial charge in [0.2, 0.25) is 0 Å². The molecular formula is C20H14F4N6O. The Morgan fingerprint density at radius 2 is 1.84 bits per heavy atom. The van der Waals surface area contributed by atoms with Crippen LogP contribution in [0.25, 0.3) is 22.4 Å². The maximum atomic E-state index is 14.1. The van der Waals surface area contributed by atoms with Gasteiger partial charge in [0.05, 0.1) is 28.5 Å². The van der Waals surface area contributed by atoms with Crippen LogP contribution in [-0.2, 0) is 13.2 Å². The smallest absolute Gasteiger partial charge is 0.308 e. The van der Waals surface area contributed by atoms with Crippen LogP contribution in [-0.4, -0.2) is 25.8 Å². The summed E-state index contributed by atoms with van der Waals surface area (Å²) < 4.78 is 54.2. The predicted molar refractivity (Wildman–Crippen MR) is 106 cm³/mol. The van der Waals surface area contributed by atoms with E-state index >= 15 is 0 Å². The van der Waals surface area contributed by atoms with Crippen molar-refractivity contribution in [1.29, 1.82) is 0 Å². The number of alkyl halides is 3. The van der Waals surface area contributed by atoms with Gasteiger partial charge in [-0.15, -0.1) is 0 Å². The molecule has 2 amide bonds. The number of hydrogen-bond donors (Lipinski definition) is 2. The quantitative estimate of drug-likeness (QED) is 0.456. The van der Waals surface area contributed by atoms with Crippen LogP contribution in [0.3, 0.4) is 0 Å². The lowest BCUT2D eigenvalue weighted by molar-refractivity contribution is -0.139. The maximum absolute atomic E-state index is 14.1. The van der Waals surface area contributed by atoms with E-state index in [1.54, 1.807) is 42.3 Å². The molecule has 4 aromatic rings. The average molecular weight is 430 g/mol. The molecule has 2 heterocycles. The second-order valence-electron chi connectivity index (χ2n) is 6.58. The lowest BCUT2D eigenvalue weighted by atomic mass is 10.2. The van der Waals surface area contributed by atoms with Crippen molar-refractivity contribution in [3.8, 4) is 11.4 Å². The third-order valence-electron chi connectivity index (χ3n) is 4.33. The Morgan fingerprint density at radius 3 is 2.55 bits per heavy atom. The number of fused-ring (bicyclic) bond motifs is 1. The van der Waals surface area contributed by atoms with Gasteiger partial charge in [0.1, 0.15) is 11.4 Å². The van der Waals surface area contributed by atoms with Crippen molar-refractivity contribution in [3.63, 3.8) is 0 Å². The Kier molecular flexibility index (Phi) is 5.01. The Labute approximate surface area is 172 Å². The van der Waals surface area contributed by atoms with Crippen molar-refractivity contribution in [3.05, 3.63) is 66.2 Å². The van der Waals surface area contributed by atoms with E-state index in [1.807, 2.05) is 0 Å². The van der Waals surface area contributed by atoms with E-state index < -0.39 is 29.3 Å². The van der Waals surface area contributed by atoms with Crippen LogP contribution < -0.4 is 10.6 Å². The number of carbonyl (C=O) groups is 1. The number of nitrogens with zero attached hydrogens (tertiary/aromatic N) is 4. The molecule has 0 aliphatic rings. The summed E-state index contributed by atoms with van der Waals surface area (Å²) in [4.78, 5) is 21.0. The highest BCUT2D eigenvalue weighted by Gasteiger charge is 2.35. The van der Waals surface area contributed by atoms with Crippen LogP contribution in [0.15, 0.2) is 54.9 Å². The summed E-state index contributed by atoms with van der Waals surface area (Å²) in [6, 6.07) is 8.20. The zero-order valence-corrected chi connectivity index (χ0v) is 15.9. The van der Waals surface area contributed by atoms with Gasteiger partial charge in [-0.25, -0.2) is 14.2 Å². The molecule has 2 aromatic carbocycles. The summed E-state index contributed by atoms with van der Waals surface area (Å²) >= 11 is 0. The molecule has 31 heavy (non-hydrogen) atoms. The minimum absolute atomic E-state index is 0.296. The molecule has 0 aliphatic carbocycles. The molecule has 0 spiro atoms. The van der Waals surface area contributed by atoms with E-state index in [-0.39, 0.29) is 0 Å². The Morgan fingerprint density at radius 1 is 1.03 bits per heavy atom. The number of amides is 2. The molecule has 11 heteroatoms. The molecule has 4 rings (SSSR count). The fourth-order valence-electron chi connectivity index (χ4n) is 2.90. The third kappa shape index (κ3) is 4.29. The van der Waals surface area contributed by atoms with Gasteiger partial charge >= 0.3 is 12.2 Å². The SMILES string of the molecule is Cn1ccc(-c2cnc3ccc(NC(=O)Nc4cccc(C(F)(F)F)c4F)cc3n2)n1. The van der Waals surface area contributed by atoms with Crippen LogP contribution in [0.1, 0.15) is 5.56 Å². The number of halogens is 4. The molecule has 0 bridgehead atoms. The zero-order valence-electron chi connectivity index (χ0n) is 15.9. The van der Waals surface area contributed by atoms with Gasteiger partial charge in [-0.3, -0.25) is 9.67 Å². The van der Waals surface area contributed by atoms with Crippen LogP contribution in [0.4, 0.5) is 33.7 Å². The number of hydrogen-bond acceptors (Lipinski definition) is 4. The highest BCUT2D eigenvalue weighted by Crippen LogP contribution is 2.34. The van der Waals surface area contributed by atoms with Gasteiger partial charge in [-0.05, 0) is 36.4 Å². The second-order valence-corrected chi connectivity index (χ2v) is 6.58. The van der Waals surface area contributed by atoms with Crippen LogP contribution in [0, 0.1) is 5.82 Å². The van der Waals surface area contributed by atoms with Crippen LogP contribution in [0.5, 0.6) is 0 Å². The van der Waals surface area contributed by atoms with Crippen molar-refractivity contribution in [2.45, 2.75) is 6.18 Å². The first kappa shape index (κ1) is 20.3. The van der Waals surface area contributed by atoms with Gasteiger partial charge in [0.15, 0.2) is 5.82 Å². The first-order chi connectivity index (χ1) is 14.7. The van der Waals surface area contributed by atoms with Crippen molar-refractivity contribution in [2.75, 3.05) is 10.6 Å². The second kappa shape index (κ2) is 7.67. The van der Waals surface area contributed by atoms with Gasteiger partial charge in [0, 0.05) is 18.9 Å². The summed E-state index contributed by atoms with van der Waals surface area (Å²) in [5.74, 6) is -1.56. The first-order valence-corrected chi connectivity index (χ1v) is 8.91. The highest BCUT2D eigenvalue weighted by atomic mass is 19.4. The molecule has 158 valence electrons. The maximum Gasteiger partial charge on any atom is 0.419 e. The van der Waals surface area contributed by atoms with E-state index in [4.69, 9.17) is 0 Å². The molecule has 0 fully saturated rings. The fraction of sp³-hybridized carbons (Fsp3) is 0.100. The largest absolute Gasteiger partial charge is 0.419 e. The van der Waals surface area contributed by atoms with Gasteiger partial charge in [-0.2, -0.15) is 18.3 Å². The number of aryl methyl sites for hydroxylation is 1. The summed E-state index contributed by atoms with van der Waals surface area (Å²) in [5, 5.41) is 8.79. The molecule has 0 saturated carbocycles. The Balaban J connectivity index is 1.55. The summed E-state index contributed by atoms with van der Waals surface area (Å²) in [6.45, 7) is 0. The first-order valence-electron chi connectivity index (χ1n) is 8.91. The lowest BCUT2D eigenvalue weighted by Crippen LogP contribution is -2.21. The predicted octanol–water partition coefficient (Wildman–Crippen LogP) is 4.83. The summed E-state index contributed by atoms with van der Waals surface area (Å²) in [6.07, 6.45) is -1.54. The summed E-state index contributed by atoms with van der Waals surface area (Å²) in [5.41, 5.74) is 0.415. The number of rotatable bonds is 3. The molecule has 0 atom stereocenters. The molecule has 0 radical (unpaired) electrons. The standard InChI is InChI=1S/C20H14F4N6O/c1-30-8-7-14(29-30)17-10-25-13-6-5-11(9-16(13)27-17)26-19(31)28-15-4-2-3-12(18(15)21)20(22,23)24/h2-10H,1H3,(H2,26,28,31). The number of benzene rings is 2. The van der Waals surface area contributed by atoms with Gasteiger partial charge in [-0.1, -0.05) is 6.07 Å². The number of anilines is 2. The normalized spacial score (nSPS) is 11.5. The highest BCUT2D eigenvalue weighted by molar-refractivity contribution is 6.00. The van der Waals surface area contributed by atoms with Crippen molar-refractivity contribution < 1.29 is 22.4 Å². The zero-order chi connectivity index (χ0) is 22.2. The lowest BCUT2D eigenvalue weighted by Gasteiger charge is -2.13. The third-order valence-corrected chi connectivity index (χ3v) is 4.33. The molecular weight excluding hydrogens is 416 g/mol. The van der Waals surface area contributed by atoms with Crippen LogP contribution in [0.2, 0.25) is 0 Å². The number of urea groups is 1. The molecule has 0 saturated heterocycles. The summed E-state index contributed by atoms with van der Waals surface area (Å²) in [7, 11) is 1.77. The van der Waals surface area contributed by atoms with E-state index in [2.05, 4.69) is 25.7 Å². The minimum atomic E-state index is -4.87. The number of nitrogens with one attached hydrogen (secondary N) is 2. The van der Waals surface area contributed by atoms with Gasteiger partial charge < -0.3 is 10.6 Å². The monoisotopic (exact) mass is 430 g/mol. The van der Waals surface area contributed by atoms with E-state index in [0.717, 1.165) is 12.1 Å². The van der Waals surface area contributed by atoms with Crippen molar-refractivity contribution in [2.24, 2.45) is 7.05 Å². The average Bonchev–Trinajstić information content (AvgIpc) is 3.14. The minimum Gasteiger partial charge on any atom is -0.308 e. The molecule has 0 unspecified atom stereocenters. The topological polar surface area (TPSA) is 84.7 Å². The molecule has 2 N–H and O–H groups in total. The van der Waals surface area contributed by atoms with Crippen molar-refractivity contribution in [1.82, 2.24) is 19.7 Å². The fourth-order valence-corrected chi connectivity index (χ4v) is 2.90. The molecule has 2 aromatic heterocycles. The molecule has 7 nitrogen and oxygen atoms in total. The Bertz CT molecular complexity index is 1280. The van der Waals surface area contributed by atoms with Crippen LogP contribution >= 0.6 is 0 Å². The van der Waals surface area contributed by atoms with Gasteiger partial charge in [0.25, 0.3) is 0 Å².